The molecule has 2 heterocycles. The molecule has 0 radical (unpaired) electrons. The molecule has 2 saturated heterocycles. The first-order valence-corrected chi connectivity index (χ1v) is 6.67. The van der Waals surface area contributed by atoms with Crippen molar-refractivity contribution in [3.05, 3.63) is 0 Å². The lowest BCUT2D eigenvalue weighted by Crippen LogP contribution is -2.38. The largest absolute Gasteiger partial charge is 0.317 e. The molecular weight excluding hydrogens is 184 g/mol. The van der Waals surface area contributed by atoms with Crippen LogP contribution < -0.4 is 5.32 Å². The van der Waals surface area contributed by atoms with Gasteiger partial charge in [-0.3, -0.25) is 0 Å². The van der Waals surface area contributed by atoms with Crippen molar-refractivity contribution in [1.82, 2.24) is 10.2 Å². The Balaban J connectivity index is 1.93. The van der Waals surface area contributed by atoms with Gasteiger partial charge in [0.15, 0.2) is 0 Å². The molecule has 15 heavy (non-hydrogen) atoms. The molecule has 0 unspecified atom stereocenters. The highest BCUT2D eigenvalue weighted by Gasteiger charge is 2.33. The molecule has 0 aromatic carbocycles. The van der Waals surface area contributed by atoms with Crippen LogP contribution in [0.4, 0.5) is 0 Å². The molecule has 88 valence electrons. The molecule has 0 saturated carbocycles. The van der Waals surface area contributed by atoms with Crippen molar-refractivity contribution in [2.45, 2.75) is 52.0 Å². The predicted octanol–water partition coefficient (Wildman–Crippen LogP) is 2.25. The number of hydrogen-bond acceptors (Lipinski definition) is 2. The maximum absolute atomic E-state index is 3.50. The Morgan fingerprint density at radius 2 is 1.73 bits per heavy atom. The molecule has 1 spiro atoms. The van der Waals surface area contributed by atoms with E-state index in [2.05, 4.69) is 24.1 Å². The van der Waals surface area contributed by atoms with Crippen molar-refractivity contribution in [2.75, 3.05) is 26.2 Å². The van der Waals surface area contributed by atoms with E-state index in [0.29, 0.717) is 5.41 Å². The monoisotopic (exact) mass is 210 g/mol. The van der Waals surface area contributed by atoms with Gasteiger partial charge in [-0.1, -0.05) is 0 Å². The first kappa shape index (κ1) is 11.4. The van der Waals surface area contributed by atoms with Crippen LogP contribution in [-0.2, 0) is 0 Å². The van der Waals surface area contributed by atoms with E-state index in [-0.39, 0.29) is 0 Å². The maximum Gasteiger partial charge on any atom is 0.00385 e. The molecule has 2 nitrogen and oxygen atoms in total. The first-order chi connectivity index (χ1) is 7.22. The van der Waals surface area contributed by atoms with Crippen LogP contribution in [0.2, 0.25) is 0 Å². The molecule has 2 fully saturated rings. The zero-order valence-electron chi connectivity index (χ0n) is 10.4. The summed E-state index contributed by atoms with van der Waals surface area (Å²) in [6.45, 7) is 9.83. The second-order valence-electron chi connectivity index (χ2n) is 5.73. The van der Waals surface area contributed by atoms with E-state index in [1.54, 1.807) is 0 Å². The lowest BCUT2D eigenvalue weighted by molar-refractivity contribution is 0.161. The molecule has 0 bridgehead atoms. The first-order valence-electron chi connectivity index (χ1n) is 6.67. The van der Waals surface area contributed by atoms with E-state index < -0.39 is 0 Å². The summed E-state index contributed by atoms with van der Waals surface area (Å²) >= 11 is 0. The van der Waals surface area contributed by atoms with Crippen LogP contribution >= 0.6 is 0 Å². The molecule has 2 heteroatoms. The average molecular weight is 210 g/mol. The Labute approximate surface area is 94.4 Å². The van der Waals surface area contributed by atoms with Gasteiger partial charge in [-0.05, 0) is 77.5 Å². The molecule has 2 aliphatic rings. The van der Waals surface area contributed by atoms with Crippen LogP contribution in [0.25, 0.3) is 0 Å². The Hall–Kier alpha value is -0.0800. The minimum Gasteiger partial charge on any atom is -0.317 e. The van der Waals surface area contributed by atoms with Crippen LogP contribution in [-0.4, -0.2) is 37.1 Å². The third-order valence-corrected chi connectivity index (χ3v) is 4.48. The summed E-state index contributed by atoms with van der Waals surface area (Å²) in [5, 5.41) is 3.50. The van der Waals surface area contributed by atoms with E-state index in [9.17, 15) is 0 Å². The fraction of sp³-hybridized carbons (Fsp3) is 1.00. The average Bonchev–Trinajstić information content (AvgIpc) is 2.43. The van der Waals surface area contributed by atoms with Gasteiger partial charge in [-0.2, -0.15) is 0 Å². The molecule has 2 rings (SSSR count). The second-order valence-corrected chi connectivity index (χ2v) is 5.73. The number of piperidine rings is 1. The van der Waals surface area contributed by atoms with Gasteiger partial charge in [-0.15, -0.1) is 0 Å². The highest BCUT2D eigenvalue weighted by molar-refractivity contribution is 4.88. The van der Waals surface area contributed by atoms with Crippen LogP contribution in [0.1, 0.15) is 46.0 Å². The van der Waals surface area contributed by atoms with Gasteiger partial charge in [0.25, 0.3) is 0 Å². The molecule has 2 aliphatic heterocycles. The van der Waals surface area contributed by atoms with Gasteiger partial charge in [0.05, 0.1) is 0 Å². The van der Waals surface area contributed by atoms with Crippen molar-refractivity contribution >= 4 is 0 Å². The Bertz CT molecular complexity index is 195. The molecular formula is C13H26N2. The van der Waals surface area contributed by atoms with Crippen molar-refractivity contribution in [3.63, 3.8) is 0 Å². The fourth-order valence-electron chi connectivity index (χ4n) is 3.25. The summed E-state index contributed by atoms with van der Waals surface area (Å²) in [6.07, 6.45) is 7.15. The Morgan fingerprint density at radius 3 is 2.40 bits per heavy atom. The summed E-state index contributed by atoms with van der Waals surface area (Å²) in [4.78, 5) is 2.66. The number of hydrogen-bond donors (Lipinski definition) is 1. The van der Waals surface area contributed by atoms with Gasteiger partial charge in [0.2, 0.25) is 0 Å². The highest BCUT2D eigenvalue weighted by Crippen LogP contribution is 2.39. The number of nitrogens with zero attached hydrogens (tertiary/aromatic N) is 1. The van der Waals surface area contributed by atoms with E-state index in [1.165, 1.54) is 58.3 Å². The second kappa shape index (κ2) is 4.84. The highest BCUT2D eigenvalue weighted by atomic mass is 15.1. The number of nitrogens with one attached hydrogen (secondary N) is 1. The Morgan fingerprint density at radius 1 is 1.00 bits per heavy atom. The predicted molar refractivity (Wildman–Crippen MR) is 65.1 cm³/mol. The van der Waals surface area contributed by atoms with Crippen LogP contribution in [0.3, 0.4) is 0 Å². The van der Waals surface area contributed by atoms with Crippen LogP contribution in [0.15, 0.2) is 0 Å². The van der Waals surface area contributed by atoms with Gasteiger partial charge < -0.3 is 10.2 Å². The summed E-state index contributed by atoms with van der Waals surface area (Å²) < 4.78 is 0. The van der Waals surface area contributed by atoms with Crippen molar-refractivity contribution < 1.29 is 0 Å². The van der Waals surface area contributed by atoms with Gasteiger partial charge in [0, 0.05) is 6.04 Å². The van der Waals surface area contributed by atoms with E-state index in [0.717, 1.165) is 6.04 Å². The smallest absolute Gasteiger partial charge is 0.00385 e. The summed E-state index contributed by atoms with van der Waals surface area (Å²) in [7, 11) is 0. The summed E-state index contributed by atoms with van der Waals surface area (Å²) in [5.74, 6) is 0. The maximum atomic E-state index is 3.50. The topological polar surface area (TPSA) is 15.3 Å². The van der Waals surface area contributed by atoms with Gasteiger partial charge in [0.1, 0.15) is 0 Å². The van der Waals surface area contributed by atoms with Crippen LogP contribution in [0, 0.1) is 5.41 Å². The normalized spacial score (nSPS) is 28.2. The summed E-state index contributed by atoms with van der Waals surface area (Å²) in [6, 6.07) is 0.738. The van der Waals surface area contributed by atoms with Crippen molar-refractivity contribution in [2.24, 2.45) is 5.41 Å². The zero-order chi connectivity index (χ0) is 10.7. The van der Waals surface area contributed by atoms with Crippen LogP contribution in [0.5, 0.6) is 0 Å². The third-order valence-electron chi connectivity index (χ3n) is 4.48. The zero-order valence-corrected chi connectivity index (χ0v) is 10.4. The van der Waals surface area contributed by atoms with Gasteiger partial charge >= 0.3 is 0 Å². The lowest BCUT2D eigenvalue weighted by atomic mass is 9.73. The number of likely N-dealkylation sites (tertiary alicyclic amines) is 1. The SMILES string of the molecule is CC(C)N1CCCC2(CCNCC2)CC1. The fourth-order valence-corrected chi connectivity index (χ4v) is 3.25. The van der Waals surface area contributed by atoms with E-state index >= 15 is 0 Å². The third kappa shape index (κ3) is 2.73. The molecule has 0 aliphatic carbocycles. The quantitative estimate of drug-likeness (QED) is 0.714. The number of rotatable bonds is 1. The molecule has 1 N–H and O–H groups in total. The molecule has 0 aromatic heterocycles. The lowest BCUT2D eigenvalue weighted by Gasteiger charge is -2.37. The van der Waals surface area contributed by atoms with Crippen molar-refractivity contribution in [1.29, 1.82) is 0 Å². The molecule has 0 aromatic rings. The molecule has 0 amide bonds. The minimum atomic E-state index is 0.703. The minimum absolute atomic E-state index is 0.703. The standard InChI is InChI=1S/C13H26N2/c1-12(2)15-10-3-4-13(7-11-15)5-8-14-9-6-13/h12,14H,3-11H2,1-2H3. The molecule has 0 atom stereocenters. The Kier molecular flexibility index (Phi) is 3.68. The van der Waals surface area contributed by atoms with E-state index in [4.69, 9.17) is 0 Å². The van der Waals surface area contributed by atoms with Gasteiger partial charge in [-0.25, -0.2) is 0 Å². The van der Waals surface area contributed by atoms with E-state index in [1.807, 2.05) is 0 Å². The summed E-state index contributed by atoms with van der Waals surface area (Å²) in [5.41, 5.74) is 0.703. The van der Waals surface area contributed by atoms with Crippen molar-refractivity contribution in [3.8, 4) is 0 Å².